The Morgan fingerprint density at radius 3 is 2.60 bits per heavy atom. The zero-order chi connectivity index (χ0) is 15.4. The molecular weight excluding hydrogens is 272 g/mol. The SMILES string of the molecule is CCC(C)NC(=NCC(=O)N(C)C)NCCCCSC. The smallest absolute Gasteiger partial charge is 0.243 e. The van der Waals surface area contributed by atoms with E-state index in [2.05, 4.69) is 35.7 Å². The Hall–Kier alpha value is -0.910. The fraction of sp³-hybridized carbons (Fsp3) is 0.857. The first-order valence-electron chi connectivity index (χ1n) is 7.25. The highest BCUT2D eigenvalue weighted by atomic mass is 32.2. The third kappa shape index (κ3) is 9.95. The molecule has 0 aliphatic heterocycles. The van der Waals surface area contributed by atoms with E-state index >= 15 is 0 Å². The molecule has 0 radical (unpaired) electrons. The van der Waals surface area contributed by atoms with Crippen LogP contribution < -0.4 is 10.6 Å². The number of nitrogens with zero attached hydrogens (tertiary/aromatic N) is 2. The molecule has 6 heteroatoms. The summed E-state index contributed by atoms with van der Waals surface area (Å²) in [5.74, 6) is 1.93. The van der Waals surface area contributed by atoms with E-state index in [0.29, 0.717) is 6.04 Å². The van der Waals surface area contributed by atoms with Gasteiger partial charge in [0.25, 0.3) is 0 Å². The minimum atomic E-state index is 0.0117. The number of nitrogens with one attached hydrogen (secondary N) is 2. The van der Waals surface area contributed by atoms with Crippen molar-refractivity contribution in [3.8, 4) is 0 Å². The maximum absolute atomic E-state index is 11.6. The lowest BCUT2D eigenvalue weighted by molar-refractivity contribution is -0.127. The van der Waals surface area contributed by atoms with Crippen LogP contribution in [0.1, 0.15) is 33.1 Å². The quantitative estimate of drug-likeness (QED) is 0.385. The molecule has 0 bridgehead atoms. The maximum Gasteiger partial charge on any atom is 0.243 e. The highest BCUT2D eigenvalue weighted by Gasteiger charge is 2.06. The number of aliphatic imine (C=N–C) groups is 1. The molecule has 0 rings (SSSR count). The minimum Gasteiger partial charge on any atom is -0.356 e. The molecule has 0 saturated carbocycles. The number of rotatable bonds is 9. The molecule has 118 valence electrons. The number of guanidine groups is 1. The van der Waals surface area contributed by atoms with Gasteiger partial charge in [-0.3, -0.25) is 4.79 Å². The summed E-state index contributed by atoms with van der Waals surface area (Å²) >= 11 is 1.87. The molecule has 0 fully saturated rings. The van der Waals surface area contributed by atoms with Gasteiger partial charge in [-0.2, -0.15) is 11.8 Å². The van der Waals surface area contributed by atoms with E-state index in [1.807, 2.05) is 11.8 Å². The second-order valence-electron chi connectivity index (χ2n) is 5.03. The second kappa shape index (κ2) is 11.9. The molecule has 0 aromatic rings. The Balaban J connectivity index is 4.25. The van der Waals surface area contributed by atoms with Crippen LogP contribution in [0.4, 0.5) is 0 Å². The normalized spacial score (nSPS) is 12.9. The standard InChI is InChI=1S/C14H30N4OS/c1-6-12(2)17-14(15-9-7-8-10-20-5)16-11-13(19)18(3)4/h12H,6-11H2,1-5H3,(H2,15,16,17). The van der Waals surface area contributed by atoms with Gasteiger partial charge in [-0.25, -0.2) is 4.99 Å². The fourth-order valence-electron chi connectivity index (χ4n) is 1.35. The van der Waals surface area contributed by atoms with E-state index in [-0.39, 0.29) is 12.5 Å². The van der Waals surface area contributed by atoms with Crippen LogP contribution in [0, 0.1) is 0 Å². The molecule has 0 aromatic carbocycles. The summed E-state index contributed by atoms with van der Waals surface area (Å²) in [7, 11) is 3.49. The van der Waals surface area contributed by atoms with E-state index in [1.165, 1.54) is 12.2 Å². The van der Waals surface area contributed by atoms with Crippen molar-refractivity contribution in [3.05, 3.63) is 0 Å². The van der Waals surface area contributed by atoms with Crippen LogP contribution >= 0.6 is 11.8 Å². The Labute approximate surface area is 128 Å². The van der Waals surface area contributed by atoms with E-state index in [4.69, 9.17) is 0 Å². The monoisotopic (exact) mass is 302 g/mol. The number of unbranched alkanes of at least 4 members (excludes halogenated alkanes) is 1. The molecule has 0 aliphatic carbocycles. The summed E-state index contributed by atoms with van der Waals surface area (Å²) < 4.78 is 0. The Morgan fingerprint density at radius 1 is 1.35 bits per heavy atom. The molecule has 0 aromatic heterocycles. The molecule has 0 heterocycles. The van der Waals surface area contributed by atoms with Crippen molar-refractivity contribution in [1.29, 1.82) is 0 Å². The molecule has 20 heavy (non-hydrogen) atoms. The van der Waals surface area contributed by atoms with Crippen molar-refractivity contribution in [1.82, 2.24) is 15.5 Å². The average Bonchev–Trinajstić information content (AvgIpc) is 2.43. The second-order valence-corrected chi connectivity index (χ2v) is 6.02. The van der Waals surface area contributed by atoms with Gasteiger partial charge in [-0.15, -0.1) is 0 Å². The summed E-state index contributed by atoms with van der Waals surface area (Å²) in [6.07, 6.45) is 5.46. The molecule has 1 unspecified atom stereocenters. The van der Waals surface area contributed by atoms with Gasteiger partial charge in [0.15, 0.2) is 5.96 Å². The van der Waals surface area contributed by atoms with Crippen LogP contribution in [0.2, 0.25) is 0 Å². The zero-order valence-electron chi connectivity index (χ0n) is 13.5. The number of hydrogen-bond donors (Lipinski definition) is 2. The Morgan fingerprint density at radius 2 is 2.05 bits per heavy atom. The van der Waals surface area contributed by atoms with Crippen molar-refractivity contribution in [3.63, 3.8) is 0 Å². The van der Waals surface area contributed by atoms with Gasteiger partial charge in [0.2, 0.25) is 5.91 Å². The van der Waals surface area contributed by atoms with Crippen LogP contribution in [0.5, 0.6) is 0 Å². The number of carbonyl (C=O) groups excluding carboxylic acids is 1. The highest BCUT2D eigenvalue weighted by Crippen LogP contribution is 1.98. The van der Waals surface area contributed by atoms with E-state index in [9.17, 15) is 4.79 Å². The van der Waals surface area contributed by atoms with Crippen LogP contribution in [0.3, 0.4) is 0 Å². The van der Waals surface area contributed by atoms with Gasteiger partial charge in [0.1, 0.15) is 6.54 Å². The Kier molecular flexibility index (Phi) is 11.3. The predicted octanol–water partition coefficient (Wildman–Crippen LogP) is 1.55. The zero-order valence-corrected chi connectivity index (χ0v) is 14.3. The van der Waals surface area contributed by atoms with Gasteiger partial charge < -0.3 is 15.5 Å². The van der Waals surface area contributed by atoms with Gasteiger partial charge in [0, 0.05) is 26.7 Å². The first-order valence-corrected chi connectivity index (χ1v) is 8.64. The molecule has 1 amide bonds. The number of hydrogen-bond acceptors (Lipinski definition) is 3. The summed E-state index contributed by atoms with van der Waals surface area (Å²) in [5, 5.41) is 6.61. The summed E-state index contributed by atoms with van der Waals surface area (Å²) in [6.45, 7) is 5.31. The molecule has 1 atom stereocenters. The lowest BCUT2D eigenvalue weighted by Gasteiger charge is -2.17. The van der Waals surface area contributed by atoms with E-state index in [1.54, 1.807) is 19.0 Å². The number of carbonyl (C=O) groups is 1. The predicted molar refractivity (Wildman–Crippen MR) is 89.5 cm³/mol. The summed E-state index contributed by atoms with van der Waals surface area (Å²) in [6, 6.07) is 0.349. The highest BCUT2D eigenvalue weighted by molar-refractivity contribution is 7.98. The third-order valence-corrected chi connectivity index (χ3v) is 3.63. The largest absolute Gasteiger partial charge is 0.356 e. The average molecular weight is 302 g/mol. The van der Waals surface area contributed by atoms with Gasteiger partial charge >= 0.3 is 0 Å². The lowest BCUT2D eigenvalue weighted by atomic mass is 10.3. The molecule has 5 nitrogen and oxygen atoms in total. The van der Waals surface area contributed by atoms with Crippen LogP contribution in [-0.2, 0) is 4.79 Å². The van der Waals surface area contributed by atoms with Crippen molar-refractivity contribution in [2.45, 2.75) is 39.2 Å². The van der Waals surface area contributed by atoms with Crippen molar-refractivity contribution >= 4 is 23.6 Å². The molecule has 0 saturated heterocycles. The maximum atomic E-state index is 11.6. The third-order valence-electron chi connectivity index (χ3n) is 2.93. The van der Waals surface area contributed by atoms with E-state index in [0.717, 1.165) is 25.3 Å². The van der Waals surface area contributed by atoms with Crippen molar-refractivity contribution < 1.29 is 4.79 Å². The molecule has 2 N–H and O–H groups in total. The Bertz CT molecular complexity index is 295. The van der Waals surface area contributed by atoms with Crippen LogP contribution in [-0.4, -0.2) is 62.0 Å². The van der Waals surface area contributed by atoms with E-state index < -0.39 is 0 Å². The fourth-order valence-corrected chi connectivity index (χ4v) is 1.85. The van der Waals surface area contributed by atoms with Crippen molar-refractivity contribution in [2.75, 3.05) is 39.2 Å². The van der Waals surface area contributed by atoms with Crippen LogP contribution in [0.15, 0.2) is 4.99 Å². The number of likely N-dealkylation sites (N-methyl/N-ethyl adjacent to an activating group) is 1. The summed E-state index contributed by atoms with van der Waals surface area (Å²) in [5.41, 5.74) is 0. The topological polar surface area (TPSA) is 56.7 Å². The number of thioether (sulfide) groups is 1. The first-order chi connectivity index (χ1) is 9.51. The minimum absolute atomic E-state index is 0.0117. The molecular formula is C14H30N4OS. The molecule has 0 aliphatic rings. The first kappa shape index (κ1) is 19.1. The summed E-state index contributed by atoms with van der Waals surface area (Å²) in [4.78, 5) is 17.5. The lowest BCUT2D eigenvalue weighted by Crippen LogP contribution is -2.43. The molecule has 0 spiro atoms. The van der Waals surface area contributed by atoms with Crippen molar-refractivity contribution in [2.24, 2.45) is 4.99 Å². The van der Waals surface area contributed by atoms with Gasteiger partial charge in [0.05, 0.1) is 0 Å². The van der Waals surface area contributed by atoms with Gasteiger partial charge in [-0.1, -0.05) is 6.92 Å². The van der Waals surface area contributed by atoms with Crippen LogP contribution in [0.25, 0.3) is 0 Å². The number of amides is 1. The van der Waals surface area contributed by atoms with Gasteiger partial charge in [-0.05, 0) is 38.2 Å².